The molecule has 0 saturated carbocycles. The molecular formula is C21H29Cl2F3N8O. The van der Waals surface area contributed by atoms with Gasteiger partial charge in [-0.2, -0.15) is 23.4 Å². The molecule has 0 spiro atoms. The van der Waals surface area contributed by atoms with Gasteiger partial charge in [-0.3, -0.25) is 4.79 Å². The molecule has 5 rings (SSSR count). The summed E-state index contributed by atoms with van der Waals surface area (Å²) in [5.74, 6) is -0.971. The summed E-state index contributed by atoms with van der Waals surface area (Å²) >= 11 is 11.6. The summed E-state index contributed by atoms with van der Waals surface area (Å²) < 4.78 is 42.0. The number of halogens is 5. The monoisotopic (exact) mass is 536 g/mol. The van der Waals surface area contributed by atoms with Crippen molar-refractivity contribution in [2.75, 3.05) is 36.9 Å². The SMILES string of the molecule is CC.CC.CNc1cc(Cl)n(C2CNC2)n1.O=CN1CC(C(F)(F)F)c2c1cnc1cc(Cl)nn21. The van der Waals surface area contributed by atoms with Gasteiger partial charge in [0.25, 0.3) is 0 Å². The lowest BCUT2D eigenvalue weighted by Crippen LogP contribution is -2.43. The molecule has 0 aliphatic carbocycles. The highest BCUT2D eigenvalue weighted by Crippen LogP contribution is 2.44. The second kappa shape index (κ2) is 12.4. The van der Waals surface area contributed by atoms with Crippen LogP contribution in [0.2, 0.25) is 10.3 Å². The van der Waals surface area contributed by atoms with E-state index in [-0.39, 0.29) is 22.2 Å². The molecule has 14 heteroatoms. The van der Waals surface area contributed by atoms with Gasteiger partial charge in [0, 0.05) is 38.8 Å². The van der Waals surface area contributed by atoms with E-state index >= 15 is 0 Å². The lowest BCUT2D eigenvalue weighted by Gasteiger charge is -2.27. The second-order valence-electron chi connectivity index (χ2n) is 6.98. The Kier molecular flexibility index (Phi) is 10.2. The zero-order chi connectivity index (χ0) is 26.3. The van der Waals surface area contributed by atoms with Crippen molar-refractivity contribution in [3.63, 3.8) is 0 Å². The fraction of sp³-hybridized carbons (Fsp3) is 0.524. The number of hydrogen-bond acceptors (Lipinski definition) is 6. The Morgan fingerprint density at radius 2 is 1.80 bits per heavy atom. The molecule has 5 heterocycles. The van der Waals surface area contributed by atoms with Crippen molar-refractivity contribution in [2.24, 2.45) is 0 Å². The van der Waals surface area contributed by atoms with E-state index in [1.54, 1.807) is 0 Å². The minimum atomic E-state index is -4.47. The van der Waals surface area contributed by atoms with Crippen LogP contribution in [0.3, 0.4) is 0 Å². The number of nitrogens with one attached hydrogen (secondary N) is 2. The summed E-state index contributed by atoms with van der Waals surface area (Å²) in [6.45, 7) is 9.45. The third kappa shape index (κ3) is 6.17. The third-order valence-corrected chi connectivity index (χ3v) is 5.53. The maximum absolute atomic E-state index is 13.0. The number of hydrogen-bond donors (Lipinski definition) is 2. The standard InChI is InChI=1S/C10H6ClF3N4O.C7H11ClN4.2C2H6/c11-7-1-8-15-2-6-9(18(8)16-7)5(10(12,13)14)3-17(6)4-19;1-9-7-2-6(8)12(11-7)5-3-10-4-5;2*1-2/h1-2,4-5H,3H2;2,5,10H,3-4H2,1H3,(H,9,11);2*1-2H3. The third-order valence-electron chi connectivity index (χ3n) is 5.06. The lowest BCUT2D eigenvalue weighted by molar-refractivity contribution is -0.147. The molecule has 1 saturated heterocycles. The molecule has 0 bridgehead atoms. The number of aromatic nitrogens is 5. The van der Waals surface area contributed by atoms with Crippen molar-refractivity contribution in [1.82, 2.24) is 29.7 Å². The van der Waals surface area contributed by atoms with Gasteiger partial charge in [-0.05, 0) is 0 Å². The normalized spacial score (nSPS) is 16.6. The second-order valence-corrected chi connectivity index (χ2v) is 7.75. The Morgan fingerprint density at radius 1 is 1.14 bits per heavy atom. The van der Waals surface area contributed by atoms with Gasteiger partial charge in [0.1, 0.15) is 16.9 Å². The summed E-state index contributed by atoms with van der Waals surface area (Å²) in [4.78, 5) is 15.8. The summed E-state index contributed by atoms with van der Waals surface area (Å²) in [6.07, 6.45) is -2.90. The highest BCUT2D eigenvalue weighted by molar-refractivity contribution is 6.30. The topological polar surface area (TPSA) is 92.4 Å². The molecule has 2 aliphatic heterocycles. The minimum Gasteiger partial charge on any atom is -0.372 e. The van der Waals surface area contributed by atoms with E-state index < -0.39 is 18.6 Å². The van der Waals surface area contributed by atoms with Crippen LogP contribution in [0, 0.1) is 0 Å². The number of anilines is 2. The lowest BCUT2D eigenvalue weighted by atomic mass is 10.1. The molecule has 0 aromatic carbocycles. The Bertz CT molecular complexity index is 1110. The zero-order valence-electron chi connectivity index (χ0n) is 20.1. The summed E-state index contributed by atoms with van der Waals surface area (Å²) in [7, 11) is 1.84. The Labute approximate surface area is 211 Å². The Balaban J connectivity index is 0.000000233. The molecule has 1 amide bonds. The number of amides is 1. The van der Waals surface area contributed by atoms with Crippen LogP contribution in [0.5, 0.6) is 0 Å². The Hall–Kier alpha value is -2.57. The predicted octanol–water partition coefficient (Wildman–Crippen LogP) is 4.78. The fourth-order valence-electron chi connectivity index (χ4n) is 3.40. The molecule has 1 fully saturated rings. The van der Waals surface area contributed by atoms with Crippen LogP contribution < -0.4 is 15.5 Å². The highest BCUT2D eigenvalue weighted by Gasteiger charge is 2.49. The first-order valence-electron chi connectivity index (χ1n) is 11.2. The first-order chi connectivity index (χ1) is 16.7. The minimum absolute atomic E-state index is 0.0476. The maximum atomic E-state index is 13.0. The molecule has 3 aromatic rings. The number of rotatable bonds is 3. The van der Waals surface area contributed by atoms with Gasteiger partial charge in [0.15, 0.2) is 10.8 Å². The van der Waals surface area contributed by atoms with Crippen LogP contribution in [0.25, 0.3) is 5.65 Å². The molecule has 2 aliphatic rings. The van der Waals surface area contributed by atoms with Crippen molar-refractivity contribution < 1.29 is 18.0 Å². The van der Waals surface area contributed by atoms with E-state index in [4.69, 9.17) is 23.2 Å². The van der Waals surface area contributed by atoms with E-state index in [1.165, 1.54) is 12.3 Å². The van der Waals surface area contributed by atoms with E-state index in [9.17, 15) is 18.0 Å². The molecule has 2 N–H and O–H groups in total. The fourth-order valence-corrected chi connectivity index (χ4v) is 3.85. The van der Waals surface area contributed by atoms with Gasteiger partial charge >= 0.3 is 6.18 Å². The average Bonchev–Trinajstić information content (AvgIpc) is 3.49. The number of carbonyl (C=O) groups is 1. The van der Waals surface area contributed by atoms with Crippen molar-refractivity contribution in [3.05, 3.63) is 34.3 Å². The van der Waals surface area contributed by atoms with Crippen molar-refractivity contribution in [3.8, 4) is 0 Å². The van der Waals surface area contributed by atoms with Gasteiger partial charge in [-0.15, -0.1) is 0 Å². The van der Waals surface area contributed by atoms with Gasteiger partial charge in [-0.25, -0.2) is 14.2 Å². The molecule has 35 heavy (non-hydrogen) atoms. The van der Waals surface area contributed by atoms with E-state index in [0.29, 0.717) is 17.6 Å². The van der Waals surface area contributed by atoms with Crippen LogP contribution in [-0.2, 0) is 4.79 Å². The molecule has 1 unspecified atom stereocenters. The van der Waals surface area contributed by atoms with Gasteiger partial charge in [0.05, 0.1) is 23.6 Å². The quantitative estimate of drug-likeness (QED) is 0.468. The van der Waals surface area contributed by atoms with Gasteiger partial charge in [-0.1, -0.05) is 50.9 Å². The van der Waals surface area contributed by atoms with Crippen LogP contribution in [0.4, 0.5) is 24.7 Å². The van der Waals surface area contributed by atoms with Crippen LogP contribution in [0.15, 0.2) is 18.3 Å². The number of nitrogens with zero attached hydrogens (tertiary/aromatic N) is 6. The van der Waals surface area contributed by atoms with Gasteiger partial charge in [0.2, 0.25) is 6.41 Å². The smallest absolute Gasteiger partial charge is 0.372 e. The van der Waals surface area contributed by atoms with Gasteiger partial charge < -0.3 is 15.5 Å². The van der Waals surface area contributed by atoms with Crippen LogP contribution in [-0.4, -0.2) is 63.6 Å². The number of alkyl halides is 3. The summed E-state index contributed by atoms with van der Waals surface area (Å²) in [5, 5.41) is 15.0. The predicted molar refractivity (Wildman–Crippen MR) is 132 cm³/mol. The van der Waals surface area contributed by atoms with E-state index in [2.05, 4.69) is 25.8 Å². The first-order valence-corrected chi connectivity index (χ1v) is 11.9. The van der Waals surface area contributed by atoms with Crippen LogP contribution >= 0.6 is 23.2 Å². The molecule has 0 radical (unpaired) electrons. The van der Waals surface area contributed by atoms with Crippen molar-refractivity contribution in [2.45, 2.75) is 45.8 Å². The van der Waals surface area contributed by atoms with Crippen molar-refractivity contribution in [1.29, 1.82) is 0 Å². The molecule has 3 aromatic heterocycles. The molecule has 194 valence electrons. The summed E-state index contributed by atoms with van der Waals surface area (Å²) in [6, 6.07) is 3.62. The van der Waals surface area contributed by atoms with Crippen LogP contribution in [0.1, 0.15) is 45.3 Å². The average molecular weight is 537 g/mol. The molecule has 9 nitrogen and oxygen atoms in total. The van der Waals surface area contributed by atoms with E-state index in [1.807, 2.05) is 45.5 Å². The largest absolute Gasteiger partial charge is 0.399 e. The number of carbonyl (C=O) groups excluding carboxylic acids is 1. The maximum Gasteiger partial charge on any atom is 0.399 e. The molecule has 1 atom stereocenters. The Morgan fingerprint density at radius 3 is 2.29 bits per heavy atom. The number of fused-ring (bicyclic) bond motifs is 3. The highest BCUT2D eigenvalue weighted by atomic mass is 35.5. The van der Waals surface area contributed by atoms with Crippen molar-refractivity contribution >= 4 is 46.8 Å². The molecular weight excluding hydrogens is 508 g/mol. The summed E-state index contributed by atoms with van der Waals surface area (Å²) in [5.41, 5.74) is 0.201. The van der Waals surface area contributed by atoms with E-state index in [0.717, 1.165) is 28.3 Å². The zero-order valence-corrected chi connectivity index (χ0v) is 21.6. The first kappa shape index (κ1) is 28.7.